The van der Waals surface area contributed by atoms with Gasteiger partial charge in [-0.05, 0) is 16.5 Å². The number of fused-ring (bicyclic) bond motifs is 4. The summed E-state index contributed by atoms with van der Waals surface area (Å²) in [6.45, 7) is 0. The first-order chi connectivity index (χ1) is 14.0. The Morgan fingerprint density at radius 2 is 1.66 bits per heavy atom. The van der Waals surface area contributed by atoms with Gasteiger partial charge in [0.05, 0.1) is 16.2 Å². The molecule has 0 saturated heterocycles. The average Bonchev–Trinajstić information content (AvgIpc) is 2.72. The van der Waals surface area contributed by atoms with Gasteiger partial charge >= 0.3 is 5.69 Å². The van der Waals surface area contributed by atoms with Crippen molar-refractivity contribution in [1.82, 2.24) is 9.97 Å². The van der Waals surface area contributed by atoms with Crippen LogP contribution in [-0.4, -0.2) is 14.9 Å². The number of non-ortho nitro benzene ring substituents is 1. The molecule has 1 aliphatic heterocycles. The molecule has 8 heteroatoms. The van der Waals surface area contributed by atoms with Crippen molar-refractivity contribution in [2.75, 3.05) is 5.32 Å². The summed E-state index contributed by atoms with van der Waals surface area (Å²) in [6.07, 6.45) is 0. The summed E-state index contributed by atoms with van der Waals surface area (Å²) in [7, 11) is 0. The largest absolute Gasteiger partial charge is 0.341 e. The third-order valence-corrected chi connectivity index (χ3v) is 5.23. The highest BCUT2D eigenvalue weighted by molar-refractivity contribution is 5.99. The number of nitro groups is 1. The lowest BCUT2D eigenvalue weighted by Crippen LogP contribution is -2.31. The number of aromatic nitrogens is 2. The van der Waals surface area contributed by atoms with Gasteiger partial charge in [0.25, 0.3) is 11.2 Å². The van der Waals surface area contributed by atoms with E-state index in [0.29, 0.717) is 16.9 Å². The topological polar surface area (TPSA) is 121 Å². The summed E-state index contributed by atoms with van der Waals surface area (Å²) in [5.74, 6) is -0.168. The van der Waals surface area contributed by atoms with Crippen molar-refractivity contribution in [1.29, 1.82) is 0 Å². The van der Waals surface area contributed by atoms with Crippen LogP contribution in [0.25, 0.3) is 10.8 Å². The number of hydrogen-bond acceptors (Lipinski definition) is 5. The Bertz CT molecular complexity index is 1400. The number of benzene rings is 3. The molecule has 142 valence electrons. The van der Waals surface area contributed by atoms with Crippen LogP contribution in [0.15, 0.2) is 70.3 Å². The molecule has 5 rings (SSSR count). The molecule has 0 aliphatic carbocycles. The van der Waals surface area contributed by atoms with Crippen LogP contribution < -0.4 is 16.6 Å². The SMILES string of the molecule is O=c1[nH]c2c(c(=O)[nH]1)C(c1ccc([N+](=O)[O-])cc1)c1ccc3ccccc3c1N2. The summed E-state index contributed by atoms with van der Waals surface area (Å²) in [6, 6.07) is 17.8. The number of anilines is 2. The number of nitrogens with one attached hydrogen (secondary N) is 3. The van der Waals surface area contributed by atoms with Crippen molar-refractivity contribution in [3.05, 3.63) is 108 Å². The van der Waals surface area contributed by atoms with Crippen LogP contribution in [0.2, 0.25) is 0 Å². The van der Waals surface area contributed by atoms with E-state index in [0.717, 1.165) is 22.0 Å². The minimum atomic E-state index is -0.604. The summed E-state index contributed by atoms with van der Waals surface area (Å²) >= 11 is 0. The Hall–Kier alpha value is -4.20. The highest BCUT2D eigenvalue weighted by Gasteiger charge is 2.31. The minimum absolute atomic E-state index is 0.0305. The summed E-state index contributed by atoms with van der Waals surface area (Å²) in [4.78, 5) is 40.1. The molecule has 1 atom stereocenters. The van der Waals surface area contributed by atoms with Gasteiger partial charge in [-0.15, -0.1) is 0 Å². The fraction of sp³-hybridized carbons (Fsp3) is 0.0476. The molecule has 29 heavy (non-hydrogen) atoms. The van der Waals surface area contributed by atoms with E-state index in [2.05, 4.69) is 15.3 Å². The highest BCUT2D eigenvalue weighted by Crippen LogP contribution is 2.45. The molecule has 0 amide bonds. The van der Waals surface area contributed by atoms with E-state index < -0.39 is 22.1 Å². The lowest BCUT2D eigenvalue weighted by atomic mass is 9.81. The van der Waals surface area contributed by atoms with Crippen LogP contribution in [0.1, 0.15) is 22.6 Å². The second-order valence-corrected chi connectivity index (χ2v) is 6.85. The number of nitrogens with zero attached hydrogens (tertiary/aromatic N) is 1. The van der Waals surface area contributed by atoms with Gasteiger partial charge in [0, 0.05) is 23.4 Å². The maximum absolute atomic E-state index is 12.7. The monoisotopic (exact) mass is 386 g/mol. The number of hydrogen-bond donors (Lipinski definition) is 3. The zero-order valence-corrected chi connectivity index (χ0v) is 14.9. The van der Waals surface area contributed by atoms with Crippen molar-refractivity contribution >= 4 is 28.0 Å². The van der Waals surface area contributed by atoms with E-state index in [1.807, 2.05) is 36.4 Å². The van der Waals surface area contributed by atoms with E-state index in [1.54, 1.807) is 12.1 Å². The zero-order chi connectivity index (χ0) is 20.1. The second kappa shape index (κ2) is 6.16. The van der Waals surface area contributed by atoms with Gasteiger partial charge in [0.15, 0.2) is 0 Å². The van der Waals surface area contributed by atoms with Gasteiger partial charge in [0.2, 0.25) is 0 Å². The Morgan fingerprint density at radius 1 is 0.897 bits per heavy atom. The maximum atomic E-state index is 12.7. The Morgan fingerprint density at radius 3 is 2.41 bits per heavy atom. The molecule has 8 nitrogen and oxygen atoms in total. The van der Waals surface area contributed by atoms with E-state index in [-0.39, 0.29) is 5.69 Å². The minimum Gasteiger partial charge on any atom is -0.341 e. The maximum Gasteiger partial charge on any atom is 0.327 e. The van der Waals surface area contributed by atoms with Gasteiger partial charge in [-0.25, -0.2) is 4.79 Å². The lowest BCUT2D eigenvalue weighted by Gasteiger charge is -2.29. The first-order valence-electron chi connectivity index (χ1n) is 8.92. The molecule has 0 radical (unpaired) electrons. The summed E-state index contributed by atoms with van der Waals surface area (Å²) in [5, 5.41) is 16.2. The normalized spacial score (nSPS) is 14.7. The molecular weight excluding hydrogens is 372 g/mol. The molecular formula is C21H14N4O4. The molecule has 0 bridgehead atoms. The molecule has 0 fully saturated rings. The van der Waals surface area contributed by atoms with Gasteiger partial charge in [-0.1, -0.05) is 48.5 Å². The molecule has 2 heterocycles. The molecule has 1 aliphatic rings. The fourth-order valence-electron chi connectivity index (χ4n) is 3.95. The molecule has 3 aromatic carbocycles. The average molecular weight is 386 g/mol. The quantitative estimate of drug-likeness (QED) is 0.317. The van der Waals surface area contributed by atoms with E-state index in [1.165, 1.54) is 12.1 Å². The molecule has 0 saturated carbocycles. The van der Waals surface area contributed by atoms with Crippen molar-refractivity contribution in [2.45, 2.75) is 5.92 Å². The van der Waals surface area contributed by atoms with Crippen LogP contribution in [-0.2, 0) is 0 Å². The number of nitro benzene ring substituents is 1. The van der Waals surface area contributed by atoms with Crippen molar-refractivity contribution in [3.8, 4) is 0 Å². The van der Waals surface area contributed by atoms with Crippen LogP contribution in [0.3, 0.4) is 0 Å². The highest BCUT2D eigenvalue weighted by atomic mass is 16.6. The predicted octanol–water partition coefficient (Wildman–Crippen LogP) is 3.36. The van der Waals surface area contributed by atoms with E-state index in [9.17, 15) is 19.7 Å². The van der Waals surface area contributed by atoms with Crippen LogP contribution in [0.4, 0.5) is 17.2 Å². The number of aromatic amines is 2. The third kappa shape index (κ3) is 2.61. The Labute approximate surface area is 163 Å². The van der Waals surface area contributed by atoms with Gasteiger partial charge in [-0.3, -0.25) is 24.9 Å². The summed E-state index contributed by atoms with van der Waals surface area (Å²) in [5.41, 5.74) is 1.58. The smallest absolute Gasteiger partial charge is 0.327 e. The van der Waals surface area contributed by atoms with E-state index in [4.69, 9.17) is 0 Å². The first-order valence-corrected chi connectivity index (χ1v) is 8.92. The van der Waals surface area contributed by atoms with Crippen LogP contribution in [0.5, 0.6) is 0 Å². The van der Waals surface area contributed by atoms with Gasteiger partial charge < -0.3 is 5.32 Å². The molecule has 4 aromatic rings. The molecule has 1 unspecified atom stereocenters. The lowest BCUT2D eigenvalue weighted by molar-refractivity contribution is -0.384. The molecule has 3 N–H and O–H groups in total. The predicted molar refractivity (Wildman–Crippen MR) is 109 cm³/mol. The summed E-state index contributed by atoms with van der Waals surface area (Å²) < 4.78 is 0. The zero-order valence-electron chi connectivity index (χ0n) is 14.9. The van der Waals surface area contributed by atoms with Crippen molar-refractivity contribution in [3.63, 3.8) is 0 Å². The van der Waals surface area contributed by atoms with Crippen molar-refractivity contribution in [2.24, 2.45) is 0 Å². The third-order valence-electron chi connectivity index (χ3n) is 5.23. The first kappa shape index (κ1) is 16.9. The molecule has 0 spiro atoms. The van der Waals surface area contributed by atoms with Crippen LogP contribution in [0, 0.1) is 10.1 Å². The Kier molecular flexibility index (Phi) is 3.60. The molecule has 1 aromatic heterocycles. The number of rotatable bonds is 2. The standard InChI is InChI=1S/C21H14N4O4/c26-20-17-16(12-5-8-13(9-6-12)25(28)29)15-10-7-11-3-1-2-4-14(11)18(15)22-19(17)23-21(27)24-20/h1-10,16H,(H3,22,23,24,26,27). The number of H-pyrrole nitrogens is 2. The van der Waals surface area contributed by atoms with Crippen LogP contribution >= 0.6 is 0 Å². The van der Waals surface area contributed by atoms with Gasteiger partial charge in [-0.2, -0.15) is 0 Å². The second-order valence-electron chi connectivity index (χ2n) is 6.85. The Balaban J connectivity index is 1.82. The van der Waals surface area contributed by atoms with E-state index >= 15 is 0 Å². The fourth-order valence-corrected chi connectivity index (χ4v) is 3.95. The van der Waals surface area contributed by atoms with Crippen molar-refractivity contribution < 1.29 is 4.92 Å². The van der Waals surface area contributed by atoms with Gasteiger partial charge in [0.1, 0.15) is 5.82 Å².